The summed E-state index contributed by atoms with van der Waals surface area (Å²) < 4.78 is 37.0. The first-order valence-electron chi connectivity index (χ1n) is 17.8. The van der Waals surface area contributed by atoms with E-state index in [-0.39, 0.29) is 45.4 Å². The number of benzene rings is 2. The molecule has 0 N–H and O–H groups in total. The van der Waals surface area contributed by atoms with Gasteiger partial charge in [0.1, 0.15) is 0 Å². The Kier molecular flexibility index (Phi) is 13.2. The normalized spacial score (nSPS) is 21.5. The van der Waals surface area contributed by atoms with Crippen molar-refractivity contribution in [2.75, 3.05) is 28.2 Å². The van der Waals surface area contributed by atoms with Crippen LogP contribution in [0, 0.1) is 13.8 Å². The molecular weight excluding hydrogens is 725 g/mol. The molecule has 0 aliphatic carbocycles. The Hall–Kier alpha value is -2.19. The van der Waals surface area contributed by atoms with Crippen molar-refractivity contribution in [1.29, 1.82) is 0 Å². The lowest BCUT2D eigenvalue weighted by molar-refractivity contribution is 0.00578. The van der Waals surface area contributed by atoms with E-state index in [1.807, 2.05) is 133 Å². The first kappa shape index (κ1) is 44.2. The van der Waals surface area contributed by atoms with Gasteiger partial charge in [-0.05, 0) is 138 Å². The van der Waals surface area contributed by atoms with Crippen LogP contribution in [0.4, 0.5) is 0 Å². The van der Waals surface area contributed by atoms with Gasteiger partial charge in [0.05, 0.1) is 33.6 Å². The van der Waals surface area contributed by atoms with Crippen LogP contribution in [-0.4, -0.2) is 105 Å². The quantitative estimate of drug-likeness (QED) is 0.316. The molecule has 2 aromatic carbocycles. The number of amides is 2. The standard InChI is InChI=1S/C16H24BNO3.C12H24B2O4.C10H12BrNO/c1-11-10-12(14(19)18(6)7)8-9-13(11)17-20-15(2,3)16(4,5)21-17;1-9(2)10(3,4)16-13(15-9)14-17-11(5,6)12(7,8)18-14;1-7-6-8(4-5-9(7)11)10(13)12(2)3/h8-10H,1-7H3;1-8H3;4-6H,1-3H3. The van der Waals surface area contributed by atoms with Gasteiger partial charge in [-0.25, -0.2) is 0 Å². The molecule has 0 unspecified atom stereocenters. The molecule has 0 saturated carbocycles. The SMILES string of the molecule is CC1(C)OB(B2OC(C)(C)C(C)(C)O2)OC1(C)C.Cc1cc(C(=O)N(C)C)ccc1B1OC(C)(C)C(C)(C)O1.Cc1cc(C(=O)N(C)C)ccc1Br. The number of carbonyl (C=O) groups excluding carboxylic acids is 2. The van der Waals surface area contributed by atoms with E-state index < -0.39 is 21.1 Å². The maximum absolute atomic E-state index is 12.0. The Bertz CT molecular complexity index is 1550. The molecule has 3 saturated heterocycles. The monoisotopic (exact) mass is 784 g/mol. The van der Waals surface area contributed by atoms with Crippen molar-refractivity contribution < 1.29 is 37.5 Å². The van der Waals surface area contributed by atoms with E-state index in [0.717, 1.165) is 26.6 Å². The molecule has 14 heteroatoms. The molecule has 0 atom stereocenters. The van der Waals surface area contributed by atoms with Crippen molar-refractivity contribution in [3.05, 3.63) is 63.1 Å². The fourth-order valence-corrected chi connectivity index (χ4v) is 5.58. The van der Waals surface area contributed by atoms with Gasteiger partial charge in [0.15, 0.2) is 0 Å². The Morgan fingerprint density at radius 2 is 0.827 bits per heavy atom. The van der Waals surface area contributed by atoms with Crippen LogP contribution in [0.1, 0.15) is 115 Å². The van der Waals surface area contributed by atoms with Gasteiger partial charge < -0.3 is 37.7 Å². The van der Waals surface area contributed by atoms with E-state index in [4.69, 9.17) is 27.9 Å². The average Bonchev–Trinajstić information content (AvgIpc) is 3.47. The van der Waals surface area contributed by atoms with Crippen molar-refractivity contribution in [3.63, 3.8) is 0 Å². The Morgan fingerprint density at radius 3 is 1.13 bits per heavy atom. The summed E-state index contributed by atoms with van der Waals surface area (Å²) in [6.07, 6.45) is 0. The molecule has 0 radical (unpaired) electrons. The third-order valence-electron chi connectivity index (χ3n) is 11.0. The average molecular weight is 785 g/mol. The van der Waals surface area contributed by atoms with Crippen molar-refractivity contribution in [2.45, 2.75) is 131 Å². The van der Waals surface area contributed by atoms with Crippen LogP contribution >= 0.6 is 15.9 Å². The summed E-state index contributed by atoms with van der Waals surface area (Å²) in [6, 6.07) is 11.2. The van der Waals surface area contributed by atoms with Crippen molar-refractivity contribution in [3.8, 4) is 0 Å². The second-order valence-electron chi connectivity index (χ2n) is 17.3. The minimum absolute atomic E-state index is 0.00133. The summed E-state index contributed by atoms with van der Waals surface area (Å²) in [5, 5.41) is 0. The summed E-state index contributed by atoms with van der Waals surface area (Å²) in [5.74, 6) is 0.0363. The number of aryl methyl sites for hydroxylation is 2. The van der Waals surface area contributed by atoms with Gasteiger partial charge in [0.25, 0.3) is 11.8 Å². The van der Waals surface area contributed by atoms with Gasteiger partial charge in [0, 0.05) is 43.8 Å². The molecule has 0 bridgehead atoms. The minimum atomic E-state index is -0.476. The molecular formula is C38H60B3BrN2O8. The van der Waals surface area contributed by atoms with Crippen LogP contribution in [0.25, 0.3) is 0 Å². The molecule has 3 fully saturated rings. The van der Waals surface area contributed by atoms with E-state index in [1.165, 1.54) is 0 Å². The predicted molar refractivity (Wildman–Crippen MR) is 214 cm³/mol. The summed E-state index contributed by atoms with van der Waals surface area (Å²) in [5.41, 5.74) is 2.30. The fourth-order valence-electron chi connectivity index (χ4n) is 5.34. The van der Waals surface area contributed by atoms with Gasteiger partial charge in [-0.2, -0.15) is 0 Å². The smallest absolute Gasteiger partial charge is 0.405 e. The third kappa shape index (κ3) is 9.54. The Labute approximate surface area is 322 Å². The van der Waals surface area contributed by atoms with Gasteiger partial charge in [-0.1, -0.05) is 27.6 Å². The molecule has 0 spiro atoms. The van der Waals surface area contributed by atoms with Crippen LogP contribution in [0.15, 0.2) is 40.9 Å². The highest BCUT2D eigenvalue weighted by Gasteiger charge is 2.63. The first-order chi connectivity index (χ1) is 23.4. The molecule has 2 amide bonds. The maximum Gasteiger partial charge on any atom is 0.495 e. The van der Waals surface area contributed by atoms with E-state index in [1.54, 1.807) is 38.0 Å². The lowest BCUT2D eigenvalue weighted by Gasteiger charge is -2.32. The van der Waals surface area contributed by atoms with Gasteiger partial charge in [-0.15, -0.1) is 0 Å². The molecule has 5 rings (SSSR count). The second-order valence-corrected chi connectivity index (χ2v) is 18.1. The first-order valence-corrected chi connectivity index (χ1v) is 18.6. The van der Waals surface area contributed by atoms with E-state index in [9.17, 15) is 9.59 Å². The van der Waals surface area contributed by atoms with E-state index >= 15 is 0 Å². The van der Waals surface area contributed by atoms with Crippen molar-refractivity contribution >= 4 is 54.3 Å². The number of rotatable bonds is 4. The zero-order valence-corrected chi connectivity index (χ0v) is 36.3. The van der Waals surface area contributed by atoms with Crippen molar-refractivity contribution in [1.82, 2.24) is 9.80 Å². The van der Waals surface area contributed by atoms with E-state index in [0.29, 0.717) is 5.56 Å². The number of nitrogens with zero attached hydrogens (tertiary/aromatic N) is 2. The Balaban J connectivity index is 0.000000216. The minimum Gasteiger partial charge on any atom is -0.405 e. The number of halogens is 1. The number of hydrogen-bond donors (Lipinski definition) is 0. The van der Waals surface area contributed by atoms with Gasteiger partial charge >= 0.3 is 21.1 Å². The lowest BCUT2D eigenvalue weighted by atomic mass is 9.49. The Morgan fingerprint density at radius 1 is 0.519 bits per heavy atom. The zero-order valence-electron chi connectivity index (χ0n) is 34.7. The highest BCUT2D eigenvalue weighted by Crippen LogP contribution is 2.43. The highest BCUT2D eigenvalue weighted by atomic mass is 79.9. The molecule has 2 aromatic rings. The van der Waals surface area contributed by atoms with Crippen LogP contribution in [0.3, 0.4) is 0 Å². The van der Waals surface area contributed by atoms with Gasteiger partial charge in [-0.3, -0.25) is 9.59 Å². The molecule has 3 aliphatic heterocycles. The molecule has 286 valence electrons. The van der Waals surface area contributed by atoms with Crippen LogP contribution in [-0.2, 0) is 27.9 Å². The summed E-state index contributed by atoms with van der Waals surface area (Å²) >= 11 is 3.39. The summed E-state index contributed by atoms with van der Waals surface area (Å²) in [6.45, 7) is 28.3. The largest absolute Gasteiger partial charge is 0.495 e. The zero-order chi connectivity index (χ0) is 40.0. The maximum atomic E-state index is 12.0. The molecule has 52 heavy (non-hydrogen) atoms. The second kappa shape index (κ2) is 15.5. The highest BCUT2D eigenvalue weighted by molar-refractivity contribution is 9.10. The van der Waals surface area contributed by atoms with Gasteiger partial charge in [0.2, 0.25) is 0 Å². The molecule has 3 heterocycles. The summed E-state index contributed by atoms with van der Waals surface area (Å²) in [7, 11) is 5.66. The molecule has 0 aromatic heterocycles. The van der Waals surface area contributed by atoms with Crippen LogP contribution < -0.4 is 5.46 Å². The topological polar surface area (TPSA) is 96.0 Å². The fraction of sp³-hybridized carbons (Fsp3) is 0.632. The predicted octanol–water partition coefficient (Wildman–Crippen LogP) is 6.70. The summed E-state index contributed by atoms with van der Waals surface area (Å²) in [4.78, 5) is 26.7. The van der Waals surface area contributed by atoms with E-state index in [2.05, 4.69) is 15.9 Å². The third-order valence-corrected chi connectivity index (χ3v) is 11.9. The lowest BCUT2D eigenvalue weighted by Crippen LogP contribution is -2.41. The number of carbonyl (C=O) groups is 2. The van der Waals surface area contributed by atoms with Crippen molar-refractivity contribution in [2.24, 2.45) is 0 Å². The van der Waals surface area contributed by atoms with Crippen LogP contribution in [0.5, 0.6) is 0 Å². The molecule has 3 aliphatic rings. The molecule has 10 nitrogen and oxygen atoms in total. The number of hydrogen-bond acceptors (Lipinski definition) is 8. The van der Waals surface area contributed by atoms with Crippen LogP contribution in [0.2, 0.25) is 0 Å².